The van der Waals surface area contributed by atoms with Gasteiger partial charge in [0.05, 0.1) is 0 Å². The van der Waals surface area contributed by atoms with E-state index in [-0.39, 0.29) is 0 Å². The number of anilines is 1. The van der Waals surface area contributed by atoms with Crippen molar-refractivity contribution in [3.8, 4) is 11.5 Å². The van der Waals surface area contributed by atoms with Gasteiger partial charge in [0.1, 0.15) is 11.5 Å². The van der Waals surface area contributed by atoms with Gasteiger partial charge in [-0.25, -0.2) is 0 Å². The monoisotopic (exact) mass is 255 g/mol. The second kappa shape index (κ2) is 5.35. The number of hydrogen-bond acceptors (Lipinski definition) is 2. The standard InChI is InChI=1S/C17H21NO/c1-11(2)16-7-6-15(10-12(16)3)19-17-8-5-14(18)9-13(17)4/h5-11H,18H2,1-4H3. The molecule has 0 aliphatic heterocycles. The summed E-state index contributed by atoms with van der Waals surface area (Å²) in [6.07, 6.45) is 0. The Morgan fingerprint density at radius 2 is 1.68 bits per heavy atom. The third-order valence-corrected chi connectivity index (χ3v) is 3.29. The molecule has 0 saturated heterocycles. The van der Waals surface area contributed by atoms with E-state index in [9.17, 15) is 0 Å². The molecule has 2 nitrogen and oxygen atoms in total. The van der Waals surface area contributed by atoms with Gasteiger partial charge >= 0.3 is 0 Å². The molecule has 0 saturated carbocycles. The van der Waals surface area contributed by atoms with Gasteiger partial charge in [-0.3, -0.25) is 0 Å². The molecule has 0 aromatic heterocycles. The zero-order valence-corrected chi connectivity index (χ0v) is 12.0. The lowest BCUT2D eigenvalue weighted by Crippen LogP contribution is -1.94. The van der Waals surface area contributed by atoms with Gasteiger partial charge in [-0.1, -0.05) is 19.9 Å². The number of rotatable bonds is 3. The van der Waals surface area contributed by atoms with Crippen molar-refractivity contribution < 1.29 is 4.74 Å². The molecule has 0 heterocycles. The highest BCUT2D eigenvalue weighted by molar-refractivity contribution is 5.49. The number of hydrogen-bond donors (Lipinski definition) is 1. The molecule has 0 radical (unpaired) electrons. The fourth-order valence-corrected chi connectivity index (χ4v) is 2.27. The van der Waals surface area contributed by atoms with Crippen molar-refractivity contribution in [2.75, 3.05) is 5.73 Å². The van der Waals surface area contributed by atoms with E-state index in [0.29, 0.717) is 5.92 Å². The molecular formula is C17H21NO. The van der Waals surface area contributed by atoms with Crippen LogP contribution in [0.4, 0.5) is 5.69 Å². The van der Waals surface area contributed by atoms with Gasteiger partial charge in [-0.05, 0) is 66.8 Å². The van der Waals surface area contributed by atoms with Crippen LogP contribution >= 0.6 is 0 Å². The average Bonchev–Trinajstić information content (AvgIpc) is 2.32. The van der Waals surface area contributed by atoms with E-state index in [4.69, 9.17) is 10.5 Å². The van der Waals surface area contributed by atoms with Crippen molar-refractivity contribution in [3.63, 3.8) is 0 Å². The summed E-state index contributed by atoms with van der Waals surface area (Å²) < 4.78 is 5.92. The van der Waals surface area contributed by atoms with Gasteiger partial charge in [0.25, 0.3) is 0 Å². The number of ether oxygens (including phenoxy) is 1. The van der Waals surface area contributed by atoms with Crippen LogP contribution in [0.15, 0.2) is 36.4 Å². The zero-order valence-electron chi connectivity index (χ0n) is 12.0. The van der Waals surface area contributed by atoms with E-state index in [1.807, 2.05) is 31.2 Å². The molecule has 0 aliphatic carbocycles. The second-order valence-corrected chi connectivity index (χ2v) is 5.30. The molecule has 0 aliphatic rings. The zero-order chi connectivity index (χ0) is 14.0. The number of aryl methyl sites for hydroxylation is 2. The minimum absolute atomic E-state index is 0.535. The number of nitrogens with two attached hydrogens (primary N) is 1. The largest absolute Gasteiger partial charge is 0.457 e. The van der Waals surface area contributed by atoms with Gasteiger partial charge in [-0.15, -0.1) is 0 Å². The van der Waals surface area contributed by atoms with Crippen LogP contribution in [-0.2, 0) is 0 Å². The Morgan fingerprint density at radius 1 is 0.947 bits per heavy atom. The minimum Gasteiger partial charge on any atom is -0.457 e. The molecule has 2 N–H and O–H groups in total. The molecule has 0 fully saturated rings. The van der Waals surface area contributed by atoms with E-state index < -0.39 is 0 Å². The van der Waals surface area contributed by atoms with Gasteiger partial charge in [-0.2, -0.15) is 0 Å². The summed E-state index contributed by atoms with van der Waals surface area (Å²) in [5, 5.41) is 0. The summed E-state index contributed by atoms with van der Waals surface area (Å²) in [6, 6.07) is 11.9. The van der Waals surface area contributed by atoms with Crippen LogP contribution in [0, 0.1) is 13.8 Å². The number of nitrogen functional groups attached to an aromatic ring is 1. The quantitative estimate of drug-likeness (QED) is 0.799. The van der Waals surface area contributed by atoms with Gasteiger partial charge in [0.2, 0.25) is 0 Å². The summed E-state index contributed by atoms with van der Waals surface area (Å²) in [4.78, 5) is 0. The summed E-state index contributed by atoms with van der Waals surface area (Å²) in [5.41, 5.74) is 10.2. The topological polar surface area (TPSA) is 35.2 Å². The Morgan fingerprint density at radius 3 is 2.26 bits per heavy atom. The highest BCUT2D eigenvalue weighted by Crippen LogP contribution is 2.29. The molecule has 19 heavy (non-hydrogen) atoms. The van der Waals surface area contributed by atoms with Crippen LogP contribution in [0.25, 0.3) is 0 Å². The van der Waals surface area contributed by atoms with Crippen LogP contribution in [0.1, 0.15) is 36.5 Å². The van der Waals surface area contributed by atoms with Gasteiger partial charge in [0, 0.05) is 5.69 Å². The van der Waals surface area contributed by atoms with Crippen molar-refractivity contribution in [1.82, 2.24) is 0 Å². The van der Waals surface area contributed by atoms with Crippen molar-refractivity contribution in [3.05, 3.63) is 53.1 Å². The molecule has 2 heteroatoms. The first-order chi connectivity index (χ1) is 8.97. The van der Waals surface area contributed by atoms with Crippen molar-refractivity contribution in [2.24, 2.45) is 0 Å². The smallest absolute Gasteiger partial charge is 0.130 e. The maximum atomic E-state index is 5.92. The third-order valence-electron chi connectivity index (χ3n) is 3.29. The molecule has 2 aromatic carbocycles. The lowest BCUT2D eigenvalue weighted by atomic mass is 9.98. The first kappa shape index (κ1) is 13.5. The van der Waals surface area contributed by atoms with Crippen LogP contribution in [0.3, 0.4) is 0 Å². The summed E-state index contributed by atoms with van der Waals surface area (Å²) in [7, 11) is 0. The molecule has 0 spiro atoms. The summed E-state index contributed by atoms with van der Waals surface area (Å²) in [5.74, 6) is 2.26. The van der Waals surface area contributed by atoms with E-state index >= 15 is 0 Å². The normalized spacial score (nSPS) is 10.8. The minimum atomic E-state index is 0.535. The predicted molar refractivity (Wildman–Crippen MR) is 80.9 cm³/mol. The molecule has 0 bridgehead atoms. The fraction of sp³-hybridized carbons (Fsp3) is 0.294. The lowest BCUT2D eigenvalue weighted by molar-refractivity contribution is 0.478. The van der Waals surface area contributed by atoms with E-state index in [0.717, 1.165) is 22.7 Å². The van der Waals surface area contributed by atoms with Crippen molar-refractivity contribution >= 4 is 5.69 Å². The van der Waals surface area contributed by atoms with E-state index in [1.165, 1.54) is 11.1 Å². The Hall–Kier alpha value is -1.96. The Kier molecular flexibility index (Phi) is 3.79. The molecule has 0 unspecified atom stereocenters. The SMILES string of the molecule is Cc1cc(N)ccc1Oc1ccc(C(C)C)c(C)c1. The van der Waals surface area contributed by atoms with Crippen molar-refractivity contribution in [2.45, 2.75) is 33.6 Å². The Labute approximate surface area is 115 Å². The fourth-order valence-electron chi connectivity index (χ4n) is 2.27. The van der Waals surface area contributed by atoms with Crippen LogP contribution in [0.5, 0.6) is 11.5 Å². The highest BCUT2D eigenvalue weighted by atomic mass is 16.5. The predicted octanol–water partition coefficient (Wildman–Crippen LogP) is 4.80. The van der Waals surface area contributed by atoms with Crippen LogP contribution in [0.2, 0.25) is 0 Å². The lowest BCUT2D eigenvalue weighted by Gasteiger charge is -2.13. The van der Waals surface area contributed by atoms with E-state index in [1.54, 1.807) is 0 Å². The average molecular weight is 255 g/mol. The van der Waals surface area contributed by atoms with Crippen molar-refractivity contribution in [1.29, 1.82) is 0 Å². The first-order valence-corrected chi connectivity index (χ1v) is 6.62. The highest BCUT2D eigenvalue weighted by Gasteiger charge is 2.06. The molecule has 100 valence electrons. The first-order valence-electron chi connectivity index (χ1n) is 6.62. The summed E-state index contributed by atoms with van der Waals surface area (Å²) >= 11 is 0. The van der Waals surface area contributed by atoms with Crippen LogP contribution < -0.4 is 10.5 Å². The maximum absolute atomic E-state index is 5.92. The molecular weight excluding hydrogens is 234 g/mol. The maximum Gasteiger partial charge on any atom is 0.130 e. The molecule has 0 atom stereocenters. The Balaban J connectivity index is 2.26. The molecule has 2 aromatic rings. The summed E-state index contributed by atoms with van der Waals surface area (Å²) in [6.45, 7) is 8.53. The number of benzene rings is 2. The van der Waals surface area contributed by atoms with E-state index in [2.05, 4.69) is 32.9 Å². The van der Waals surface area contributed by atoms with Crippen LogP contribution in [-0.4, -0.2) is 0 Å². The molecule has 2 rings (SSSR count). The second-order valence-electron chi connectivity index (χ2n) is 5.30. The van der Waals surface area contributed by atoms with Gasteiger partial charge < -0.3 is 10.5 Å². The Bertz CT molecular complexity index is 588. The third kappa shape index (κ3) is 3.08. The molecule has 0 amide bonds. The van der Waals surface area contributed by atoms with Gasteiger partial charge in [0.15, 0.2) is 0 Å².